The molecular weight excluding hydrogens is 258 g/mol. The molecule has 0 saturated carbocycles. The number of benzene rings is 2. The highest BCUT2D eigenvalue weighted by Crippen LogP contribution is 2.38. The van der Waals surface area contributed by atoms with E-state index in [1.54, 1.807) is 0 Å². The zero-order valence-corrected chi connectivity index (χ0v) is 11.9. The van der Waals surface area contributed by atoms with E-state index in [4.69, 9.17) is 5.10 Å². The molecule has 0 fully saturated rings. The van der Waals surface area contributed by atoms with Gasteiger partial charge in [-0.3, -0.25) is 4.68 Å². The van der Waals surface area contributed by atoms with Crippen LogP contribution in [-0.2, 0) is 13.0 Å². The Morgan fingerprint density at radius 3 is 2.86 bits per heavy atom. The molecule has 0 aliphatic carbocycles. The van der Waals surface area contributed by atoms with Crippen LogP contribution in [-0.4, -0.2) is 14.8 Å². The Hall–Kier alpha value is -2.55. The lowest BCUT2D eigenvalue weighted by Gasteiger charge is -2.14. The summed E-state index contributed by atoms with van der Waals surface area (Å²) in [6, 6.07) is 15.0. The van der Waals surface area contributed by atoms with Gasteiger partial charge in [-0.15, -0.1) is 0 Å². The molecule has 3 heteroatoms. The van der Waals surface area contributed by atoms with E-state index in [1.165, 1.54) is 38.8 Å². The van der Waals surface area contributed by atoms with E-state index in [-0.39, 0.29) is 0 Å². The van der Waals surface area contributed by atoms with Crippen molar-refractivity contribution in [3.8, 4) is 11.4 Å². The van der Waals surface area contributed by atoms with Gasteiger partial charge < -0.3 is 4.98 Å². The zero-order valence-electron chi connectivity index (χ0n) is 11.9. The second-order valence-corrected chi connectivity index (χ2v) is 5.82. The SMILES string of the molecule is Cc1cccc2c3n(nc12)CCc1c-3[nH]c2ccccc12. The topological polar surface area (TPSA) is 33.6 Å². The van der Waals surface area contributed by atoms with Crippen molar-refractivity contribution in [1.29, 1.82) is 0 Å². The first-order chi connectivity index (χ1) is 10.3. The van der Waals surface area contributed by atoms with Crippen molar-refractivity contribution in [2.24, 2.45) is 0 Å². The molecule has 0 atom stereocenters. The zero-order chi connectivity index (χ0) is 14.0. The average Bonchev–Trinajstić information content (AvgIpc) is 3.05. The van der Waals surface area contributed by atoms with E-state index in [2.05, 4.69) is 59.1 Å². The fourth-order valence-corrected chi connectivity index (χ4v) is 3.60. The van der Waals surface area contributed by atoms with Gasteiger partial charge in [-0.25, -0.2) is 0 Å². The van der Waals surface area contributed by atoms with Crippen LogP contribution in [0.15, 0.2) is 42.5 Å². The summed E-state index contributed by atoms with van der Waals surface area (Å²) in [7, 11) is 0. The van der Waals surface area contributed by atoms with Crippen molar-refractivity contribution in [1.82, 2.24) is 14.8 Å². The van der Waals surface area contributed by atoms with Gasteiger partial charge in [-0.1, -0.05) is 36.4 Å². The number of aromatic nitrogens is 3. The standard InChI is InChI=1S/C18H15N3/c1-11-5-4-7-14-16(11)20-21-10-9-13-12-6-2-3-8-15(12)19-17(13)18(14)21/h2-8,19H,9-10H2,1H3. The fourth-order valence-electron chi connectivity index (χ4n) is 3.60. The lowest BCUT2D eigenvalue weighted by molar-refractivity contribution is 0.614. The van der Waals surface area contributed by atoms with Crippen molar-refractivity contribution in [3.05, 3.63) is 53.6 Å². The summed E-state index contributed by atoms with van der Waals surface area (Å²) in [6.45, 7) is 3.09. The van der Waals surface area contributed by atoms with Gasteiger partial charge in [0.15, 0.2) is 0 Å². The van der Waals surface area contributed by atoms with Crippen LogP contribution in [0.1, 0.15) is 11.1 Å². The second-order valence-electron chi connectivity index (χ2n) is 5.82. The first-order valence-electron chi connectivity index (χ1n) is 7.39. The molecule has 21 heavy (non-hydrogen) atoms. The molecule has 0 radical (unpaired) electrons. The minimum atomic E-state index is 0.957. The van der Waals surface area contributed by atoms with Gasteiger partial charge in [0.25, 0.3) is 0 Å². The van der Waals surface area contributed by atoms with E-state index in [1.807, 2.05) is 0 Å². The predicted molar refractivity (Wildman–Crippen MR) is 85.5 cm³/mol. The number of rotatable bonds is 0. The van der Waals surface area contributed by atoms with Crippen LogP contribution >= 0.6 is 0 Å². The third-order valence-corrected chi connectivity index (χ3v) is 4.60. The highest BCUT2D eigenvalue weighted by molar-refractivity contribution is 5.99. The van der Waals surface area contributed by atoms with Gasteiger partial charge in [0.2, 0.25) is 0 Å². The lowest BCUT2D eigenvalue weighted by atomic mass is 10.0. The van der Waals surface area contributed by atoms with Crippen molar-refractivity contribution < 1.29 is 0 Å². The summed E-state index contributed by atoms with van der Waals surface area (Å²) < 4.78 is 2.16. The molecule has 0 spiro atoms. The summed E-state index contributed by atoms with van der Waals surface area (Å²) in [5.74, 6) is 0. The Labute approximate surface area is 122 Å². The van der Waals surface area contributed by atoms with Crippen LogP contribution in [0.4, 0.5) is 0 Å². The lowest BCUT2D eigenvalue weighted by Crippen LogP contribution is -2.11. The Kier molecular flexibility index (Phi) is 1.99. The molecule has 0 amide bonds. The van der Waals surface area contributed by atoms with Crippen molar-refractivity contribution in [3.63, 3.8) is 0 Å². The fraction of sp³-hybridized carbons (Fsp3) is 0.167. The summed E-state index contributed by atoms with van der Waals surface area (Å²) in [4.78, 5) is 3.61. The van der Waals surface area contributed by atoms with E-state index in [9.17, 15) is 0 Å². The highest BCUT2D eigenvalue weighted by atomic mass is 15.3. The van der Waals surface area contributed by atoms with Crippen molar-refractivity contribution in [2.75, 3.05) is 0 Å². The largest absolute Gasteiger partial charge is 0.353 e. The number of fused-ring (bicyclic) bond motifs is 7. The normalized spacial score (nSPS) is 13.6. The minimum Gasteiger partial charge on any atom is -0.353 e. The molecule has 102 valence electrons. The van der Waals surface area contributed by atoms with Crippen LogP contribution in [0.25, 0.3) is 33.2 Å². The average molecular weight is 273 g/mol. The number of hydrogen-bond acceptors (Lipinski definition) is 1. The molecule has 1 aliphatic heterocycles. The number of aromatic amines is 1. The van der Waals surface area contributed by atoms with Crippen LogP contribution in [0.2, 0.25) is 0 Å². The number of hydrogen-bond donors (Lipinski definition) is 1. The van der Waals surface area contributed by atoms with Gasteiger partial charge in [0, 0.05) is 22.8 Å². The van der Waals surface area contributed by atoms with Crippen molar-refractivity contribution in [2.45, 2.75) is 19.9 Å². The Bertz CT molecular complexity index is 1000. The molecule has 5 rings (SSSR count). The van der Waals surface area contributed by atoms with Crippen LogP contribution in [0, 0.1) is 6.92 Å². The van der Waals surface area contributed by atoms with Gasteiger partial charge >= 0.3 is 0 Å². The first-order valence-corrected chi connectivity index (χ1v) is 7.39. The first kappa shape index (κ1) is 11.1. The molecule has 0 bridgehead atoms. The van der Waals surface area contributed by atoms with E-state index >= 15 is 0 Å². The second kappa shape index (κ2) is 3.76. The third kappa shape index (κ3) is 1.35. The number of nitrogens with zero attached hydrogens (tertiary/aromatic N) is 2. The van der Waals surface area contributed by atoms with E-state index < -0.39 is 0 Å². The third-order valence-electron chi connectivity index (χ3n) is 4.60. The van der Waals surface area contributed by atoms with Crippen molar-refractivity contribution >= 4 is 21.8 Å². The Morgan fingerprint density at radius 2 is 1.90 bits per heavy atom. The van der Waals surface area contributed by atoms with Crippen LogP contribution < -0.4 is 0 Å². The monoisotopic (exact) mass is 273 g/mol. The maximum Gasteiger partial charge on any atom is 0.0959 e. The molecule has 1 aliphatic rings. The molecule has 2 aromatic carbocycles. The van der Waals surface area contributed by atoms with Gasteiger partial charge in [0.1, 0.15) is 0 Å². The summed E-state index contributed by atoms with van der Waals surface area (Å²) in [5, 5.41) is 7.42. The molecule has 0 saturated heterocycles. The number of nitrogens with one attached hydrogen (secondary N) is 1. The molecule has 2 aromatic heterocycles. The van der Waals surface area contributed by atoms with Gasteiger partial charge in [0.05, 0.1) is 16.9 Å². The predicted octanol–water partition coefficient (Wildman–Crippen LogP) is 4.05. The van der Waals surface area contributed by atoms with Gasteiger partial charge in [-0.05, 0) is 30.5 Å². The smallest absolute Gasteiger partial charge is 0.0959 e. The van der Waals surface area contributed by atoms with Crippen LogP contribution in [0.3, 0.4) is 0 Å². The summed E-state index contributed by atoms with van der Waals surface area (Å²) in [5.41, 5.74) is 7.51. The molecule has 4 aromatic rings. The number of H-pyrrole nitrogens is 1. The number of aryl methyl sites for hydroxylation is 3. The van der Waals surface area contributed by atoms with Gasteiger partial charge in [-0.2, -0.15) is 5.10 Å². The quantitative estimate of drug-likeness (QED) is 0.515. The molecule has 0 unspecified atom stereocenters. The molecule has 3 nitrogen and oxygen atoms in total. The summed E-state index contributed by atoms with van der Waals surface area (Å²) >= 11 is 0. The van der Waals surface area contributed by atoms with Crippen LogP contribution in [0.5, 0.6) is 0 Å². The highest BCUT2D eigenvalue weighted by Gasteiger charge is 2.24. The summed E-state index contributed by atoms with van der Waals surface area (Å²) in [6.07, 6.45) is 1.04. The maximum atomic E-state index is 4.82. The Morgan fingerprint density at radius 1 is 1.05 bits per heavy atom. The van der Waals surface area contributed by atoms with E-state index in [0.717, 1.165) is 18.5 Å². The Balaban J connectivity index is 1.94. The maximum absolute atomic E-state index is 4.82. The molecule has 1 N–H and O–H groups in total. The molecular formula is C18H15N3. The number of para-hydroxylation sites is 1. The van der Waals surface area contributed by atoms with E-state index in [0.29, 0.717) is 0 Å². The molecule has 3 heterocycles. The minimum absolute atomic E-state index is 0.957.